The Kier molecular flexibility index (Phi) is 8.28. The fourth-order valence-electron chi connectivity index (χ4n) is 3.35. The molecule has 2 aromatic carbocycles. The molecule has 0 aliphatic heterocycles. The van der Waals surface area contributed by atoms with Crippen LogP contribution in [0.5, 0.6) is 0 Å². The van der Waals surface area contributed by atoms with Crippen LogP contribution < -0.4 is 10.6 Å². The SMILES string of the molecule is CC(C)c1nc(Br)nc(C(C)C)c1NC(=O)NC(=O)c1cc(Cl)c(-c2ccccc2F)cc1Cl. The van der Waals surface area contributed by atoms with Gasteiger partial charge in [0.15, 0.2) is 4.73 Å². The Hall–Kier alpha value is -2.55. The van der Waals surface area contributed by atoms with Gasteiger partial charge in [-0.3, -0.25) is 10.1 Å². The molecule has 6 nitrogen and oxygen atoms in total. The molecule has 0 atom stereocenters. The third-order valence-corrected chi connectivity index (χ3v) is 5.94. The first-order valence-corrected chi connectivity index (χ1v) is 12.0. The highest BCUT2D eigenvalue weighted by Gasteiger charge is 2.23. The maximum absolute atomic E-state index is 14.2. The fraction of sp³-hybridized carbons (Fsp3) is 0.250. The van der Waals surface area contributed by atoms with Gasteiger partial charge in [-0.25, -0.2) is 19.2 Å². The number of carbonyl (C=O) groups excluding carboxylic acids is 2. The molecule has 0 spiro atoms. The van der Waals surface area contributed by atoms with E-state index in [1.54, 1.807) is 18.2 Å². The number of anilines is 1. The van der Waals surface area contributed by atoms with Crippen LogP contribution in [0.2, 0.25) is 10.0 Å². The van der Waals surface area contributed by atoms with Crippen LogP contribution in [0.1, 0.15) is 61.3 Å². The topological polar surface area (TPSA) is 84.0 Å². The number of urea groups is 1. The number of halogens is 4. The van der Waals surface area contributed by atoms with Crippen molar-refractivity contribution in [2.24, 2.45) is 0 Å². The molecule has 0 radical (unpaired) electrons. The predicted octanol–water partition coefficient (Wildman–Crippen LogP) is 7.56. The van der Waals surface area contributed by atoms with E-state index < -0.39 is 17.8 Å². The summed E-state index contributed by atoms with van der Waals surface area (Å²) in [6.45, 7) is 7.75. The zero-order chi connectivity index (χ0) is 25.2. The molecule has 0 fully saturated rings. The number of nitrogens with one attached hydrogen (secondary N) is 2. The standard InChI is InChI=1S/C24H22BrCl2FN4O2/c1-11(2)19-21(20(12(3)4)30-23(25)29-19)31-24(34)32-22(33)15-10-16(26)14(9-17(15)27)13-7-5-6-8-18(13)28/h5-12H,1-4H3,(H2,31,32,33,34). The lowest BCUT2D eigenvalue weighted by atomic mass is 10.0. The van der Waals surface area contributed by atoms with Gasteiger partial charge >= 0.3 is 6.03 Å². The third-order valence-electron chi connectivity index (χ3n) is 4.96. The average Bonchev–Trinajstić information content (AvgIpc) is 2.76. The van der Waals surface area contributed by atoms with E-state index in [1.807, 2.05) is 27.7 Å². The fourth-order valence-corrected chi connectivity index (χ4v) is 4.25. The van der Waals surface area contributed by atoms with Crippen LogP contribution >= 0.6 is 39.1 Å². The van der Waals surface area contributed by atoms with Gasteiger partial charge in [-0.05, 0) is 46.0 Å². The van der Waals surface area contributed by atoms with E-state index in [0.717, 1.165) is 0 Å². The van der Waals surface area contributed by atoms with Crippen LogP contribution in [0.4, 0.5) is 14.9 Å². The zero-order valence-electron chi connectivity index (χ0n) is 18.8. The van der Waals surface area contributed by atoms with Gasteiger partial charge in [-0.15, -0.1) is 0 Å². The second-order valence-corrected chi connectivity index (χ2v) is 9.67. The number of amides is 3. The van der Waals surface area contributed by atoms with E-state index in [-0.39, 0.29) is 33.0 Å². The number of imide groups is 1. The molecule has 3 amide bonds. The van der Waals surface area contributed by atoms with Crippen molar-refractivity contribution in [3.63, 3.8) is 0 Å². The van der Waals surface area contributed by atoms with Gasteiger partial charge in [0.05, 0.1) is 27.7 Å². The molecule has 0 aliphatic rings. The Balaban J connectivity index is 1.87. The summed E-state index contributed by atoms with van der Waals surface area (Å²) in [4.78, 5) is 34.3. The lowest BCUT2D eigenvalue weighted by Gasteiger charge is -2.19. The number of rotatable bonds is 5. The molecule has 0 saturated heterocycles. The maximum atomic E-state index is 14.2. The first kappa shape index (κ1) is 26.1. The van der Waals surface area contributed by atoms with Crippen LogP contribution in [0.3, 0.4) is 0 Å². The van der Waals surface area contributed by atoms with Crippen LogP contribution in [-0.2, 0) is 0 Å². The number of benzene rings is 2. The molecule has 10 heteroatoms. The maximum Gasteiger partial charge on any atom is 0.326 e. The van der Waals surface area contributed by atoms with Crippen molar-refractivity contribution in [3.05, 3.63) is 73.9 Å². The molecule has 2 N–H and O–H groups in total. The molecule has 34 heavy (non-hydrogen) atoms. The number of nitrogens with zero attached hydrogens (tertiary/aromatic N) is 2. The third kappa shape index (κ3) is 5.74. The van der Waals surface area contributed by atoms with Gasteiger partial charge in [-0.2, -0.15) is 0 Å². The van der Waals surface area contributed by atoms with Gasteiger partial charge in [0, 0.05) is 16.1 Å². The summed E-state index contributed by atoms with van der Waals surface area (Å²) in [6, 6.07) is 8.00. The Bertz CT molecular complexity index is 1240. The number of hydrogen-bond acceptors (Lipinski definition) is 4. The summed E-state index contributed by atoms with van der Waals surface area (Å²) in [6.07, 6.45) is 0. The second kappa shape index (κ2) is 10.8. The normalized spacial score (nSPS) is 11.1. The zero-order valence-corrected chi connectivity index (χ0v) is 21.9. The lowest BCUT2D eigenvalue weighted by Crippen LogP contribution is -2.35. The van der Waals surface area contributed by atoms with Crippen molar-refractivity contribution in [2.75, 3.05) is 5.32 Å². The lowest BCUT2D eigenvalue weighted by molar-refractivity contribution is 0.0967. The van der Waals surface area contributed by atoms with Gasteiger partial charge in [0.2, 0.25) is 0 Å². The van der Waals surface area contributed by atoms with E-state index in [0.29, 0.717) is 27.4 Å². The molecule has 178 valence electrons. The van der Waals surface area contributed by atoms with E-state index in [1.165, 1.54) is 18.2 Å². The molecular formula is C24H22BrCl2FN4O2. The van der Waals surface area contributed by atoms with Crippen LogP contribution in [0.25, 0.3) is 11.1 Å². The van der Waals surface area contributed by atoms with Crippen LogP contribution in [0.15, 0.2) is 41.1 Å². The van der Waals surface area contributed by atoms with Crippen LogP contribution in [-0.4, -0.2) is 21.9 Å². The van der Waals surface area contributed by atoms with Crippen molar-refractivity contribution in [1.82, 2.24) is 15.3 Å². The monoisotopic (exact) mass is 566 g/mol. The molecule has 3 rings (SSSR count). The van der Waals surface area contributed by atoms with Crippen LogP contribution in [0, 0.1) is 5.82 Å². The highest BCUT2D eigenvalue weighted by molar-refractivity contribution is 9.10. The Labute approximate surface area is 215 Å². The first-order valence-electron chi connectivity index (χ1n) is 10.4. The predicted molar refractivity (Wildman–Crippen MR) is 136 cm³/mol. The minimum Gasteiger partial charge on any atom is -0.304 e. The summed E-state index contributed by atoms with van der Waals surface area (Å²) in [5.41, 5.74) is 2.25. The summed E-state index contributed by atoms with van der Waals surface area (Å²) in [5, 5.41) is 5.10. The molecule has 0 aliphatic carbocycles. The molecular weight excluding hydrogens is 546 g/mol. The molecule has 1 heterocycles. The highest BCUT2D eigenvalue weighted by atomic mass is 79.9. The quantitative estimate of drug-likeness (QED) is 0.311. The minimum atomic E-state index is -0.773. The summed E-state index contributed by atoms with van der Waals surface area (Å²) >= 11 is 15.9. The Morgan fingerprint density at radius 1 is 0.941 bits per heavy atom. The molecule has 1 aromatic heterocycles. The van der Waals surface area contributed by atoms with Crippen molar-refractivity contribution in [1.29, 1.82) is 0 Å². The molecule has 0 saturated carbocycles. The first-order chi connectivity index (χ1) is 16.0. The van der Waals surface area contributed by atoms with Gasteiger partial charge < -0.3 is 5.32 Å². The van der Waals surface area contributed by atoms with Gasteiger partial charge in [-0.1, -0.05) is 69.1 Å². The molecule has 0 bridgehead atoms. The van der Waals surface area contributed by atoms with Crippen molar-refractivity contribution < 1.29 is 14.0 Å². The van der Waals surface area contributed by atoms with Crippen molar-refractivity contribution in [3.8, 4) is 11.1 Å². The summed E-state index contributed by atoms with van der Waals surface area (Å²) in [5.74, 6) is -1.26. The smallest absolute Gasteiger partial charge is 0.304 e. The Morgan fingerprint density at radius 3 is 2.09 bits per heavy atom. The summed E-state index contributed by atoms with van der Waals surface area (Å²) in [7, 11) is 0. The number of aromatic nitrogens is 2. The van der Waals surface area contributed by atoms with Crippen molar-refractivity contribution in [2.45, 2.75) is 39.5 Å². The summed E-state index contributed by atoms with van der Waals surface area (Å²) < 4.78 is 14.6. The van der Waals surface area contributed by atoms with Crippen molar-refractivity contribution >= 4 is 56.8 Å². The molecule has 3 aromatic rings. The molecule has 0 unspecified atom stereocenters. The van der Waals surface area contributed by atoms with E-state index in [9.17, 15) is 14.0 Å². The van der Waals surface area contributed by atoms with Gasteiger partial charge in [0.25, 0.3) is 5.91 Å². The second-order valence-electron chi connectivity index (χ2n) is 8.15. The largest absolute Gasteiger partial charge is 0.326 e. The van der Waals surface area contributed by atoms with E-state index >= 15 is 0 Å². The number of carbonyl (C=O) groups is 2. The van der Waals surface area contributed by atoms with Gasteiger partial charge in [0.1, 0.15) is 5.82 Å². The Morgan fingerprint density at radius 2 is 1.53 bits per heavy atom. The average molecular weight is 568 g/mol. The van der Waals surface area contributed by atoms with E-state index in [4.69, 9.17) is 23.2 Å². The highest BCUT2D eigenvalue weighted by Crippen LogP contribution is 2.35. The number of hydrogen-bond donors (Lipinski definition) is 2. The van der Waals surface area contributed by atoms with E-state index in [2.05, 4.69) is 36.5 Å². The minimum absolute atomic E-state index is 0.0121.